The zero-order valence-corrected chi connectivity index (χ0v) is 8.80. The topological polar surface area (TPSA) is 46.2 Å². The van der Waals surface area contributed by atoms with E-state index < -0.39 is 17.7 Å². The van der Waals surface area contributed by atoms with E-state index in [2.05, 4.69) is 0 Å². The van der Waals surface area contributed by atoms with Gasteiger partial charge in [-0.15, -0.1) is 0 Å². The third-order valence-electron chi connectivity index (χ3n) is 2.33. The molecule has 0 saturated heterocycles. The number of aliphatic hydroxyl groups excluding tert-OH is 1. The van der Waals surface area contributed by atoms with E-state index in [1.807, 2.05) is 13.8 Å². The number of benzene rings is 1. The van der Waals surface area contributed by atoms with Crippen molar-refractivity contribution in [3.05, 3.63) is 34.9 Å². The molecule has 0 spiro atoms. The van der Waals surface area contributed by atoms with Crippen LogP contribution in [0.15, 0.2) is 12.1 Å². The highest BCUT2D eigenvalue weighted by Gasteiger charge is 2.17. The summed E-state index contributed by atoms with van der Waals surface area (Å²) in [5.41, 5.74) is 5.79. The molecule has 0 radical (unpaired) electrons. The quantitative estimate of drug-likeness (QED) is 0.810. The Bertz CT molecular complexity index is 353. The summed E-state index contributed by atoms with van der Waals surface area (Å²) in [6.07, 6.45) is -1.15. The van der Waals surface area contributed by atoms with Gasteiger partial charge in [0.2, 0.25) is 0 Å². The van der Waals surface area contributed by atoms with E-state index in [0.29, 0.717) is 5.56 Å². The van der Waals surface area contributed by atoms with Crippen LogP contribution in [0.5, 0.6) is 0 Å². The number of hydrogen-bond acceptors (Lipinski definition) is 2. The summed E-state index contributed by atoms with van der Waals surface area (Å²) in [6.45, 7) is 3.61. The highest BCUT2D eigenvalue weighted by atomic mass is 19.2. The molecule has 3 N–H and O–H groups in total. The molecule has 4 heteroatoms. The molecule has 2 nitrogen and oxygen atoms in total. The summed E-state index contributed by atoms with van der Waals surface area (Å²) >= 11 is 0. The normalized spacial score (nSPS) is 13.3. The second-order valence-electron chi connectivity index (χ2n) is 3.81. The van der Waals surface area contributed by atoms with Gasteiger partial charge in [0.05, 0.1) is 6.10 Å². The fourth-order valence-corrected chi connectivity index (χ4v) is 1.33. The van der Waals surface area contributed by atoms with Crippen molar-refractivity contribution < 1.29 is 13.9 Å². The average molecular weight is 215 g/mol. The molecule has 0 aliphatic heterocycles. The maximum atomic E-state index is 13.3. The molecule has 1 unspecified atom stereocenters. The van der Waals surface area contributed by atoms with Crippen LogP contribution in [0.1, 0.15) is 37.0 Å². The highest BCUT2D eigenvalue weighted by molar-refractivity contribution is 5.30. The zero-order chi connectivity index (χ0) is 11.6. The first-order valence-corrected chi connectivity index (χ1v) is 4.84. The molecule has 1 rings (SSSR count). The van der Waals surface area contributed by atoms with Gasteiger partial charge in [-0.25, -0.2) is 8.78 Å². The molecule has 0 saturated carbocycles. The monoisotopic (exact) mass is 215 g/mol. The van der Waals surface area contributed by atoms with E-state index in [9.17, 15) is 13.9 Å². The standard InChI is InChI=1S/C11H15F2NO/c1-6(2)7-3-8(10(15)5-14)11(13)9(12)4-7/h3-4,6,10,15H,5,14H2,1-2H3. The Balaban J connectivity index is 3.25. The van der Waals surface area contributed by atoms with Crippen LogP contribution in [0.3, 0.4) is 0 Å². The highest BCUT2D eigenvalue weighted by Crippen LogP contribution is 2.24. The smallest absolute Gasteiger partial charge is 0.164 e. The maximum Gasteiger partial charge on any atom is 0.164 e. The van der Waals surface area contributed by atoms with Gasteiger partial charge in [0.15, 0.2) is 11.6 Å². The van der Waals surface area contributed by atoms with Gasteiger partial charge in [-0.05, 0) is 23.6 Å². The van der Waals surface area contributed by atoms with E-state index in [0.717, 1.165) is 6.07 Å². The molecule has 1 aromatic carbocycles. The van der Waals surface area contributed by atoms with Crippen molar-refractivity contribution in [1.82, 2.24) is 0 Å². The SMILES string of the molecule is CC(C)c1cc(F)c(F)c(C(O)CN)c1. The minimum absolute atomic E-state index is 0.0683. The van der Waals surface area contributed by atoms with E-state index in [4.69, 9.17) is 5.73 Å². The lowest BCUT2D eigenvalue weighted by Gasteiger charge is -2.13. The third-order valence-corrected chi connectivity index (χ3v) is 2.33. The molecule has 0 aliphatic carbocycles. The zero-order valence-electron chi connectivity index (χ0n) is 8.80. The summed E-state index contributed by atoms with van der Waals surface area (Å²) in [5.74, 6) is -1.88. The molecule has 84 valence electrons. The van der Waals surface area contributed by atoms with Crippen LogP contribution < -0.4 is 5.73 Å². The van der Waals surface area contributed by atoms with E-state index in [-0.39, 0.29) is 18.0 Å². The van der Waals surface area contributed by atoms with Gasteiger partial charge in [-0.2, -0.15) is 0 Å². The van der Waals surface area contributed by atoms with Gasteiger partial charge < -0.3 is 10.8 Å². The molecular weight excluding hydrogens is 200 g/mol. The Morgan fingerprint density at radius 1 is 1.33 bits per heavy atom. The largest absolute Gasteiger partial charge is 0.387 e. The molecule has 0 heterocycles. The van der Waals surface area contributed by atoms with Crippen molar-refractivity contribution in [2.45, 2.75) is 25.9 Å². The number of halogens is 2. The summed E-state index contributed by atoms with van der Waals surface area (Å²) in [5, 5.41) is 9.41. The number of nitrogens with two attached hydrogens (primary N) is 1. The Labute approximate surface area is 87.7 Å². The van der Waals surface area contributed by atoms with Crippen LogP contribution in [0.25, 0.3) is 0 Å². The van der Waals surface area contributed by atoms with Crippen LogP contribution in [0.4, 0.5) is 8.78 Å². The van der Waals surface area contributed by atoms with Crippen LogP contribution in [0, 0.1) is 11.6 Å². The number of rotatable bonds is 3. The summed E-state index contributed by atoms with van der Waals surface area (Å²) in [6, 6.07) is 2.60. The molecule has 0 fully saturated rings. The first-order chi connectivity index (χ1) is 6.97. The first-order valence-electron chi connectivity index (χ1n) is 4.84. The fraction of sp³-hybridized carbons (Fsp3) is 0.455. The fourth-order valence-electron chi connectivity index (χ4n) is 1.33. The average Bonchev–Trinajstić information content (AvgIpc) is 2.20. The third kappa shape index (κ3) is 2.52. The van der Waals surface area contributed by atoms with Gasteiger partial charge in [0.1, 0.15) is 0 Å². The summed E-state index contributed by atoms with van der Waals surface area (Å²) in [4.78, 5) is 0. The second kappa shape index (κ2) is 4.68. The molecule has 0 amide bonds. The van der Waals surface area contributed by atoms with Gasteiger partial charge in [-0.3, -0.25) is 0 Å². The molecule has 1 atom stereocenters. The van der Waals surface area contributed by atoms with Crippen LogP contribution in [0.2, 0.25) is 0 Å². The molecule has 0 aromatic heterocycles. The van der Waals surface area contributed by atoms with Gasteiger partial charge in [0.25, 0.3) is 0 Å². The Morgan fingerprint density at radius 3 is 2.40 bits per heavy atom. The molecule has 15 heavy (non-hydrogen) atoms. The van der Waals surface area contributed by atoms with Crippen molar-refractivity contribution >= 4 is 0 Å². The Hall–Kier alpha value is -1.00. The van der Waals surface area contributed by atoms with Gasteiger partial charge in [0, 0.05) is 12.1 Å². The lowest BCUT2D eigenvalue weighted by atomic mass is 9.98. The second-order valence-corrected chi connectivity index (χ2v) is 3.81. The summed E-state index contributed by atoms with van der Waals surface area (Å²) < 4.78 is 26.5. The number of aliphatic hydroxyl groups is 1. The maximum absolute atomic E-state index is 13.3. The minimum Gasteiger partial charge on any atom is -0.387 e. The predicted molar refractivity (Wildman–Crippen MR) is 54.5 cm³/mol. The van der Waals surface area contributed by atoms with Crippen molar-refractivity contribution in [2.75, 3.05) is 6.54 Å². The van der Waals surface area contributed by atoms with Crippen molar-refractivity contribution in [1.29, 1.82) is 0 Å². The lowest BCUT2D eigenvalue weighted by Crippen LogP contribution is -2.14. The van der Waals surface area contributed by atoms with Crippen LogP contribution in [-0.2, 0) is 0 Å². The molecule has 0 aliphatic rings. The van der Waals surface area contributed by atoms with Crippen LogP contribution in [-0.4, -0.2) is 11.7 Å². The van der Waals surface area contributed by atoms with E-state index in [1.165, 1.54) is 6.07 Å². The Kier molecular flexibility index (Phi) is 3.77. The van der Waals surface area contributed by atoms with E-state index in [1.54, 1.807) is 0 Å². The minimum atomic E-state index is -1.15. The number of hydrogen-bond donors (Lipinski definition) is 2. The molecule has 1 aromatic rings. The molecule has 0 bridgehead atoms. The van der Waals surface area contributed by atoms with Crippen LogP contribution >= 0.6 is 0 Å². The summed E-state index contributed by atoms with van der Waals surface area (Å²) in [7, 11) is 0. The first kappa shape index (κ1) is 12.1. The predicted octanol–water partition coefficient (Wildman–Crippen LogP) is 2.08. The lowest BCUT2D eigenvalue weighted by molar-refractivity contribution is 0.180. The van der Waals surface area contributed by atoms with Gasteiger partial charge in [-0.1, -0.05) is 13.8 Å². The molecular formula is C11H15F2NO. The van der Waals surface area contributed by atoms with E-state index >= 15 is 0 Å². The van der Waals surface area contributed by atoms with Crippen molar-refractivity contribution in [3.8, 4) is 0 Å². The Morgan fingerprint density at radius 2 is 1.93 bits per heavy atom. The van der Waals surface area contributed by atoms with Crippen molar-refractivity contribution in [3.63, 3.8) is 0 Å². The van der Waals surface area contributed by atoms with Crippen molar-refractivity contribution in [2.24, 2.45) is 5.73 Å². The van der Waals surface area contributed by atoms with Gasteiger partial charge >= 0.3 is 0 Å².